The molecule has 0 nitrogen and oxygen atoms in total. The molecular weight excluding hydrogens is 132 g/mol. The van der Waals surface area contributed by atoms with E-state index >= 15 is 0 Å². The molecule has 11 heavy (non-hydrogen) atoms. The maximum Gasteiger partial charge on any atom is -0.00996 e. The van der Waals surface area contributed by atoms with Crippen molar-refractivity contribution >= 4 is 0 Å². The minimum atomic E-state index is 0.821. The van der Waals surface area contributed by atoms with Crippen LogP contribution in [0.4, 0.5) is 0 Å². The minimum absolute atomic E-state index is 0.821. The molecule has 1 atom stereocenters. The Hall–Kier alpha value is -0.780. The summed E-state index contributed by atoms with van der Waals surface area (Å²) >= 11 is 0. The van der Waals surface area contributed by atoms with Gasteiger partial charge in [-0.25, -0.2) is 0 Å². The fourth-order valence-electron chi connectivity index (χ4n) is 2.22. The van der Waals surface area contributed by atoms with Gasteiger partial charge in [-0.3, -0.25) is 0 Å². The first-order valence-corrected chi connectivity index (χ1v) is 4.46. The molecule has 1 aromatic rings. The van der Waals surface area contributed by atoms with Crippen molar-refractivity contribution in [2.45, 2.75) is 25.2 Å². The first-order valence-electron chi connectivity index (χ1n) is 4.46. The van der Waals surface area contributed by atoms with Gasteiger partial charge in [0.05, 0.1) is 0 Å². The minimum Gasteiger partial charge on any atom is -0.0622 e. The van der Waals surface area contributed by atoms with Gasteiger partial charge in [0, 0.05) is 0 Å². The van der Waals surface area contributed by atoms with E-state index in [2.05, 4.69) is 30.3 Å². The Morgan fingerprint density at radius 1 is 1.09 bits per heavy atom. The van der Waals surface area contributed by atoms with Gasteiger partial charge in [0.1, 0.15) is 0 Å². The topological polar surface area (TPSA) is 0 Å². The zero-order chi connectivity index (χ0) is 7.31. The number of hydrogen-bond acceptors (Lipinski definition) is 0. The van der Waals surface area contributed by atoms with Crippen LogP contribution in [0.2, 0.25) is 0 Å². The zero-order valence-electron chi connectivity index (χ0n) is 6.59. The van der Waals surface area contributed by atoms with E-state index in [0.29, 0.717) is 0 Å². The average molecular weight is 144 g/mol. The summed E-state index contributed by atoms with van der Waals surface area (Å²) in [4.78, 5) is 0. The first-order chi connectivity index (χ1) is 5.41. The van der Waals surface area contributed by atoms with Gasteiger partial charge in [-0.2, -0.15) is 0 Å². The SMILES string of the molecule is c1ccc([C@@H]2CC23CC3)cc1. The largest absolute Gasteiger partial charge is 0.0622 e. The van der Waals surface area contributed by atoms with Crippen LogP contribution < -0.4 is 0 Å². The van der Waals surface area contributed by atoms with Crippen LogP contribution in [0.3, 0.4) is 0 Å². The van der Waals surface area contributed by atoms with Gasteiger partial charge in [0.25, 0.3) is 0 Å². The van der Waals surface area contributed by atoms with E-state index in [0.717, 1.165) is 11.3 Å². The third-order valence-corrected chi connectivity index (χ3v) is 3.28. The highest BCUT2D eigenvalue weighted by Gasteiger charge is 2.62. The Balaban J connectivity index is 1.91. The number of rotatable bonds is 1. The van der Waals surface area contributed by atoms with E-state index in [9.17, 15) is 0 Å². The molecule has 0 aromatic heterocycles. The Bertz CT molecular complexity index is 269. The maximum absolute atomic E-state index is 2.28. The van der Waals surface area contributed by atoms with Crippen LogP contribution >= 0.6 is 0 Å². The highest BCUT2D eigenvalue weighted by atomic mass is 14.7. The summed E-state index contributed by atoms with van der Waals surface area (Å²) in [5, 5.41) is 0. The molecule has 0 bridgehead atoms. The fourth-order valence-corrected chi connectivity index (χ4v) is 2.22. The molecular formula is C11H12. The lowest BCUT2D eigenvalue weighted by atomic mass is 10.1. The number of hydrogen-bond donors (Lipinski definition) is 0. The molecule has 1 aromatic carbocycles. The van der Waals surface area contributed by atoms with Crippen LogP contribution in [0.5, 0.6) is 0 Å². The van der Waals surface area contributed by atoms with Crippen LogP contribution in [0.1, 0.15) is 30.7 Å². The van der Waals surface area contributed by atoms with E-state index in [-0.39, 0.29) is 0 Å². The summed E-state index contributed by atoms with van der Waals surface area (Å²) in [5.74, 6) is 0.934. The molecule has 2 fully saturated rings. The molecule has 0 heterocycles. The van der Waals surface area contributed by atoms with E-state index in [1.165, 1.54) is 19.3 Å². The highest BCUT2D eigenvalue weighted by Crippen LogP contribution is 2.74. The molecule has 1 spiro atoms. The Kier molecular flexibility index (Phi) is 0.892. The van der Waals surface area contributed by atoms with Gasteiger partial charge >= 0.3 is 0 Å². The summed E-state index contributed by atoms with van der Waals surface area (Å²) in [6.07, 6.45) is 4.45. The normalized spacial score (nSPS) is 30.4. The summed E-state index contributed by atoms with van der Waals surface area (Å²) in [5.41, 5.74) is 2.39. The smallest absolute Gasteiger partial charge is 0.00996 e. The van der Waals surface area contributed by atoms with Crippen molar-refractivity contribution < 1.29 is 0 Å². The maximum atomic E-state index is 2.28. The molecule has 0 heteroatoms. The molecule has 2 aliphatic rings. The van der Waals surface area contributed by atoms with Crippen LogP contribution in [-0.4, -0.2) is 0 Å². The predicted molar refractivity (Wildman–Crippen MR) is 45.5 cm³/mol. The van der Waals surface area contributed by atoms with E-state index in [4.69, 9.17) is 0 Å². The molecule has 0 N–H and O–H groups in total. The predicted octanol–water partition coefficient (Wildman–Crippen LogP) is 2.95. The van der Waals surface area contributed by atoms with Crippen molar-refractivity contribution in [1.82, 2.24) is 0 Å². The molecule has 0 unspecified atom stereocenters. The molecule has 2 saturated carbocycles. The van der Waals surface area contributed by atoms with Crippen molar-refractivity contribution in [1.29, 1.82) is 0 Å². The Morgan fingerprint density at radius 3 is 2.36 bits per heavy atom. The van der Waals surface area contributed by atoms with E-state index in [1.54, 1.807) is 5.56 Å². The molecule has 2 aliphatic carbocycles. The van der Waals surface area contributed by atoms with Gasteiger partial charge in [-0.15, -0.1) is 0 Å². The van der Waals surface area contributed by atoms with Crippen molar-refractivity contribution in [2.75, 3.05) is 0 Å². The van der Waals surface area contributed by atoms with Crippen molar-refractivity contribution in [3.05, 3.63) is 35.9 Å². The van der Waals surface area contributed by atoms with Gasteiger partial charge < -0.3 is 0 Å². The zero-order valence-corrected chi connectivity index (χ0v) is 6.59. The molecule has 0 saturated heterocycles. The van der Waals surface area contributed by atoms with Gasteiger partial charge in [-0.1, -0.05) is 30.3 Å². The lowest BCUT2D eigenvalue weighted by Crippen LogP contribution is -1.79. The summed E-state index contributed by atoms with van der Waals surface area (Å²) in [6.45, 7) is 0. The fraction of sp³-hybridized carbons (Fsp3) is 0.455. The Morgan fingerprint density at radius 2 is 1.82 bits per heavy atom. The average Bonchev–Trinajstić information content (AvgIpc) is 2.95. The molecule has 56 valence electrons. The van der Waals surface area contributed by atoms with Crippen LogP contribution in [0.15, 0.2) is 30.3 Å². The van der Waals surface area contributed by atoms with Crippen LogP contribution in [-0.2, 0) is 0 Å². The third-order valence-electron chi connectivity index (χ3n) is 3.28. The second-order valence-corrected chi connectivity index (χ2v) is 4.03. The highest BCUT2D eigenvalue weighted by molar-refractivity contribution is 5.33. The summed E-state index contributed by atoms with van der Waals surface area (Å²) < 4.78 is 0. The van der Waals surface area contributed by atoms with E-state index in [1.807, 2.05) is 0 Å². The van der Waals surface area contributed by atoms with Crippen molar-refractivity contribution in [2.24, 2.45) is 5.41 Å². The van der Waals surface area contributed by atoms with Crippen LogP contribution in [0, 0.1) is 5.41 Å². The van der Waals surface area contributed by atoms with Crippen molar-refractivity contribution in [3.8, 4) is 0 Å². The monoisotopic (exact) mass is 144 g/mol. The third kappa shape index (κ3) is 0.756. The molecule has 0 aliphatic heterocycles. The van der Waals surface area contributed by atoms with E-state index < -0.39 is 0 Å². The van der Waals surface area contributed by atoms with Gasteiger partial charge in [-0.05, 0) is 36.2 Å². The Labute approximate surface area is 67.2 Å². The van der Waals surface area contributed by atoms with Crippen molar-refractivity contribution in [3.63, 3.8) is 0 Å². The van der Waals surface area contributed by atoms with Crippen LogP contribution in [0.25, 0.3) is 0 Å². The summed E-state index contributed by atoms with van der Waals surface area (Å²) in [6, 6.07) is 11.0. The van der Waals surface area contributed by atoms with Gasteiger partial charge in [0.2, 0.25) is 0 Å². The first kappa shape index (κ1) is 5.82. The molecule has 3 rings (SSSR count). The second kappa shape index (κ2) is 1.69. The quantitative estimate of drug-likeness (QED) is 0.568. The summed E-state index contributed by atoms with van der Waals surface area (Å²) in [7, 11) is 0. The standard InChI is InChI=1S/C11H12/c1-2-4-9(5-3-1)10-8-11(10)6-7-11/h1-5,10H,6-8H2/t10-/m0/s1. The second-order valence-electron chi connectivity index (χ2n) is 4.03. The molecule has 0 amide bonds. The lowest BCUT2D eigenvalue weighted by molar-refractivity contribution is 0.840. The van der Waals surface area contributed by atoms with Gasteiger partial charge in [0.15, 0.2) is 0 Å². The number of benzene rings is 1. The lowest BCUT2D eigenvalue weighted by Gasteiger charge is -1.95. The molecule has 0 radical (unpaired) electrons.